The highest BCUT2D eigenvalue weighted by Crippen LogP contribution is 2.48. The molecule has 2 saturated carbocycles. The Balaban J connectivity index is 1.36. The first-order valence-corrected chi connectivity index (χ1v) is 6.72. The molecule has 0 amide bonds. The van der Waals surface area contributed by atoms with E-state index in [0.29, 0.717) is 0 Å². The molecule has 0 aromatic rings. The summed E-state index contributed by atoms with van der Waals surface area (Å²) in [6, 6.07) is 0. The van der Waals surface area contributed by atoms with Crippen molar-refractivity contribution in [2.24, 2.45) is 23.7 Å². The van der Waals surface area contributed by atoms with Crippen molar-refractivity contribution < 1.29 is 4.74 Å². The van der Waals surface area contributed by atoms with E-state index in [4.69, 9.17) is 4.74 Å². The standard InChI is InChI=1S/C13H23NO/c1-2-11(1)13(12-3-4-12)8-14-7-10-5-6-15-9-10/h10-14H,1-9H2. The van der Waals surface area contributed by atoms with Crippen molar-refractivity contribution in [3.05, 3.63) is 0 Å². The van der Waals surface area contributed by atoms with Crippen molar-refractivity contribution in [1.29, 1.82) is 0 Å². The molecule has 3 rings (SSSR count). The molecule has 2 nitrogen and oxygen atoms in total. The van der Waals surface area contributed by atoms with E-state index in [1.165, 1.54) is 45.2 Å². The summed E-state index contributed by atoms with van der Waals surface area (Å²) in [4.78, 5) is 0. The summed E-state index contributed by atoms with van der Waals surface area (Å²) in [6.07, 6.45) is 7.31. The molecule has 0 bridgehead atoms. The van der Waals surface area contributed by atoms with E-state index >= 15 is 0 Å². The Morgan fingerprint density at radius 3 is 2.33 bits per heavy atom. The molecule has 1 N–H and O–H groups in total. The van der Waals surface area contributed by atoms with E-state index in [2.05, 4.69) is 5.32 Å². The molecule has 1 atom stereocenters. The van der Waals surface area contributed by atoms with Gasteiger partial charge < -0.3 is 10.1 Å². The fourth-order valence-corrected chi connectivity index (χ4v) is 2.97. The minimum absolute atomic E-state index is 0.795. The molecule has 1 unspecified atom stereocenters. The number of nitrogens with one attached hydrogen (secondary N) is 1. The lowest BCUT2D eigenvalue weighted by atomic mass is 9.97. The van der Waals surface area contributed by atoms with Gasteiger partial charge in [0.2, 0.25) is 0 Å². The van der Waals surface area contributed by atoms with Crippen LogP contribution in [-0.2, 0) is 4.74 Å². The van der Waals surface area contributed by atoms with Crippen LogP contribution < -0.4 is 5.32 Å². The Labute approximate surface area is 92.8 Å². The highest BCUT2D eigenvalue weighted by Gasteiger charge is 2.40. The third-order valence-electron chi connectivity index (χ3n) is 4.29. The SMILES string of the molecule is C1CC(CNCC(C2CC2)C2CC2)CO1. The quantitative estimate of drug-likeness (QED) is 0.723. The van der Waals surface area contributed by atoms with Gasteiger partial charge in [-0.1, -0.05) is 0 Å². The molecule has 3 fully saturated rings. The fourth-order valence-electron chi connectivity index (χ4n) is 2.97. The summed E-state index contributed by atoms with van der Waals surface area (Å²) in [7, 11) is 0. The molecule has 1 heterocycles. The van der Waals surface area contributed by atoms with Crippen LogP contribution in [0.25, 0.3) is 0 Å². The first-order valence-electron chi connectivity index (χ1n) is 6.72. The zero-order valence-corrected chi connectivity index (χ0v) is 9.58. The Hall–Kier alpha value is -0.0800. The smallest absolute Gasteiger partial charge is 0.0507 e. The van der Waals surface area contributed by atoms with Gasteiger partial charge in [0.05, 0.1) is 6.61 Å². The predicted octanol–water partition coefficient (Wildman–Crippen LogP) is 2.05. The Morgan fingerprint density at radius 2 is 1.80 bits per heavy atom. The molecular weight excluding hydrogens is 186 g/mol. The summed E-state index contributed by atoms with van der Waals surface area (Å²) >= 11 is 0. The van der Waals surface area contributed by atoms with Gasteiger partial charge in [0.25, 0.3) is 0 Å². The van der Waals surface area contributed by atoms with Crippen molar-refractivity contribution in [3.8, 4) is 0 Å². The Morgan fingerprint density at radius 1 is 1.07 bits per heavy atom. The van der Waals surface area contributed by atoms with Crippen LogP contribution in [0.3, 0.4) is 0 Å². The van der Waals surface area contributed by atoms with Gasteiger partial charge in [0, 0.05) is 13.2 Å². The van der Waals surface area contributed by atoms with Crippen LogP contribution in [-0.4, -0.2) is 26.3 Å². The van der Waals surface area contributed by atoms with Gasteiger partial charge in [-0.2, -0.15) is 0 Å². The summed E-state index contributed by atoms with van der Waals surface area (Å²) in [5.74, 6) is 3.99. The maximum atomic E-state index is 5.39. The van der Waals surface area contributed by atoms with E-state index in [0.717, 1.165) is 36.9 Å². The van der Waals surface area contributed by atoms with E-state index in [1.807, 2.05) is 0 Å². The second-order valence-corrected chi connectivity index (χ2v) is 5.73. The molecule has 0 aromatic carbocycles. The third kappa shape index (κ3) is 2.73. The summed E-state index contributed by atoms with van der Waals surface area (Å²) in [6.45, 7) is 4.45. The number of rotatable bonds is 6. The Kier molecular flexibility index (Phi) is 2.98. The topological polar surface area (TPSA) is 21.3 Å². The van der Waals surface area contributed by atoms with Crippen molar-refractivity contribution in [2.45, 2.75) is 32.1 Å². The number of ether oxygens (including phenoxy) is 1. The molecule has 2 heteroatoms. The fraction of sp³-hybridized carbons (Fsp3) is 1.00. The van der Waals surface area contributed by atoms with Crippen LogP contribution in [0, 0.1) is 23.7 Å². The molecule has 86 valence electrons. The van der Waals surface area contributed by atoms with Crippen LogP contribution >= 0.6 is 0 Å². The van der Waals surface area contributed by atoms with E-state index in [1.54, 1.807) is 0 Å². The van der Waals surface area contributed by atoms with Gasteiger partial charge in [-0.3, -0.25) is 0 Å². The molecule has 1 saturated heterocycles. The lowest BCUT2D eigenvalue weighted by molar-refractivity contribution is 0.184. The average molecular weight is 209 g/mol. The summed E-state index contributed by atoms with van der Waals surface area (Å²) < 4.78 is 5.39. The van der Waals surface area contributed by atoms with Gasteiger partial charge in [-0.25, -0.2) is 0 Å². The maximum absolute atomic E-state index is 5.39. The average Bonchev–Trinajstić information content (AvgIpc) is 3.15. The Bertz CT molecular complexity index is 193. The normalized spacial score (nSPS) is 31.4. The zero-order chi connectivity index (χ0) is 10.1. The first-order chi connectivity index (χ1) is 7.43. The van der Waals surface area contributed by atoms with Crippen molar-refractivity contribution in [1.82, 2.24) is 5.32 Å². The number of hydrogen-bond acceptors (Lipinski definition) is 2. The minimum atomic E-state index is 0.795. The lowest BCUT2D eigenvalue weighted by Gasteiger charge is -2.17. The lowest BCUT2D eigenvalue weighted by Crippen LogP contribution is -2.30. The van der Waals surface area contributed by atoms with Crippen LogP contribution in [0.15, 0.2) is 0 Å². The predicted molar refractivity (Wildman–Crippen MR) is 60.7 cm³/mol. The van der Waals surface area contributed by atoms with Crippen molar-refractivity contribution >= 4 is 0 Å². The van der Waals surface area contributed by atoms with Crippen LogP contribution in [0.5, 0.6) is 0 Å². The van der Waals surface area contributed by atoms with E-state index < -0.39 is 0 Å². The van der Waals surface area contributed by atoms with Gasteiger partial charge >= 0.3 is 0 Å². The van der Waals surface area contributed by atoms with Crippen molar-refractivity contribution in [2.75, 3.05) is 26.3 Å². The molecule has 0 aromatic heterocycles. The van der Waals surface area contributed by atoms with Gasteiger partial charge in [0.1, 0.15) is 0 Å². The molecule has 0 spiro atoms. The largest absolute Gasteiger partial charge is 0.381 e. The molecule has 0 radical (unpaired) electrons. The monoisotopic (exact) mass is 209 g/mol. The van der Waals surface area contributed by atoms with E-state index in [9.17, 15) is 0 Å². The van der Waals surface area contributed by atoms with Gasteiger partial charge in [-0.05, 0) is 62.3 Å². The van der Waals surface area contributed by atoms with Crippen molar-refractivity contribution in [3.63, 3.8) is 0 Å². The highest BCUT2D eigenvalue weighted by molar-refractivity contribution is 4.92. The molecular formula is C13H23NO. The summed E-state index contributed by atoms with van der Waals surface area (Å²) in [5.41, 5.74) is 0. The van der Waals surface area contributed by atoms with Crippen LogP contribution in [0.2, 0.25) is 0 Å². The molecule has 3 aliphatic rings. The number of hydrogen-bond donors (Lipinski definition) is 1. The minimum Gasteiger partial charge on any atom is -0.381 e. The highest BCUT2D eigenvalue weighted by atomic mass is 16.5. The third-order valence-corrected chi connectivity index (χ3v) is 4.29. The second kappa shape index (κ2) is 4.42. The zero-order valence-electron chi connectivity index (χ0n) is 9.58. The maximum Gasteiger partial charge on any atom is 0.0507 e. The van der Waals surface area contributed by atoms with Crippen LogP contribution in [0.1, 0.15) is 32.1 Å². The molecule has 2 aliphatic carbocycles. The first kappa shape index (κ1) is 10.1. The molecule has 1 aliphatic heterocycles. The van der Waals surface area contributed by atoms with E-state index in [-0.39, 0.29) is 0 Å². The second-order valence-electron chi connectivity index (χ2n) is 5.73. The summed E-state index contributed by atoms with van der Waals surface area (Å²) in [5, 5.41) is 3.69. The molecule has 15 heavy (non-hydrogen) atoms. The van der Waals surface area contributed by atoms with Gasteiger partial charge in [0.15, 0.2) is 0 Å². The van der Waals surface area contributed by atoms with Gasteiger partial charge in [-0.15, -0.1) is 0 Å². The van der Waals surface area contributed by atoms with Crippen LogP contribution in [0.4, 0.5) is 0 Å².